The minimum atomic E-state index is -0.0398. The molecule has 8 heteroatoms. The van der Waals surface area contributed by atoms with E-state index < -0.39 is 0 Å². The number of nitrogens with one attached hydrogen (secondary N) is 1. The number of H-pyrrole nitrogens is 1. The number of benzene rings is 1. The molecule has 3 heterocycles. The van der Waals surface area contributed by atoms with Crippen molar-refractivity contribution in [2.45, 2.75) is 19.9 Å². The van der Waals surface area contributed by atoms with Crippen molar-refractivity contribution in [3.63, 3.8) is 0 Å². The zero-order valence-electron chi connectivity index (χ0n) is 15.6. The molecule has 0 aliphatic carbocycles. The van der Waals surface area contributed by atoms with Gasteiger partial charge in [0.05, 0.1) is 10.9 Å². The minimum absolute atomic E-state index is 0.0398. The fraction of sp³-hybridized carbons (Fsp3) is 0.368. The number of hydrogen-bond acceptors (Lipinski definition) is 5. The molecule has 27 heavy (non-hydrogen) atoms. The monoisotopic (exact) mass is 366 g/mol. The maximum atomic E-state index is 12.0. The number of aromatic nitrogens is 4. The third kappa shape index (κ3) is 3.07. The van der Waals surface area contributed by atoms with Crippen molar-refractivity contribution < 1.29 is 4.79 Å². The lowest BCUT2D eigenvalue weighted by Crippen LogP contribution is -2.53. The smallest absolute Gasteiger partial charge is 0.274 e. The summed E-state index contributed by atoms with van der Waals surface area (Å²) in [5.41, 5.74) is 2.59. The molecular weight excluding hydrogens is 344 g/mol. The molecule has 1 unspecified atom stereocenters. The van der Waals surface area contributed by atoms with E-state index in [0.717, 1.165) is 29.7 Å². The van der Waals surface area contributed by atoms with E-state index >= 15 is 0 Å². The van der Waals surface area contributed by atoms with Crippen LogP contribution in [-0.4, -0.2) is 56.2 Å². The average molecular weight is 366 g/mol. The lowest BCUT2D eigenvalue weighted by molar-refractivity contribution is -0.131. The van der Waals surface area contributed by atoms with Crippen molar-refractivity contribution in [3.8, 4) is 11.1 Å². The normalized spacial score (nSPS) is 17.5. The van der Waals surface area contributed by atoms with Crippen LogP contribution in [0.5, 0.6) is 0 Å². The number of fused-ring (bicyclic) bond motifs is 1. The zero-order valence-corrected chi connectivity index (χ0v) is 15.6. The summed E-state index contributed by atoms with van der Waals surface area (Å²) in [5.74, 6) is 0.774. The summed E-state index contributed by atoms with van der Waals surface area (Å²) < 4.78 is 1.47. The third-order valence-electron chi connectivity index (χ3n) is 5.13. The van der Waals surface area contributed by atoms with Gasteiger partial charge in [-0.15, -0.1) is 0 Å². The molecule has 4 rings (SSSR count). The van der Waals surface area contributed by atoms with Gasteiger partial charge in [-0.3, -0.25) is 19.4 Å². The largest absolute Gasteiger partial charge is 0.337 e. The number of anilines is 1. The van der Waals surface area contributed by atoms with Crippen LogP contribution < -0.4 is 10.5 Å². The van der Waals surface area contributed by atoms with E-state index in [4.69, 9.17) is 0 Å². The highest BCUT2D eigenvalue weighted by Gasteiger charge is 2.26. The lowest BCUT2D eigenvalue weighted by Gasteiger charge is -2.39. The summed E-state index contributed by atoms with van der Waals surface area (Å²) >= 11 is 0. The number of hydrogen-bond donors (Lipinski definition) is 1. The van der Waals surface area contributed by atoms with Crippen molar-refractivity contribution in [2.24, 2.45) is 7.05 Å². The van der Waals surface area contributed by atoms with E-state index in [1.807, 2.05) is 30.0 Å². The second-order valence-electron chi connectivity index (χ2n) is 7.02. The second kappa shape index (κ2) is 6.53. The van der Waals surface area contributed by atoms with Gasteiger partial charge in [0.1, 0.15) is 0 Å². The van der Waals surface area contributed by atoms with Crippen molar-refractivity contribution in [1.82, 2.24) is 24.6 Å². The Hall–Kier alpha value is -3.16. The Morgan fingerprint density at radius 1 is 1.19 bits per heavy atom. The van der Waals surface area contributed by atoms with Gasteiger partial charge < -0.3 is 9.80 Å². The quantitative estimate of drug-likeness (QED) is 0.740. The Morgan fingerprint density at radius 2 is 1.93 bits per heavy atom. The number of piperazine rings is 1. The first kappa shape index (κ1) is 17.3. The van der Waals surface area contributed by atoms with E-state index in [-0.39, 0.29) is 17.5 Å². The molecule has 0 spiro atoms. The predicted octanol–water partition coefficient (Wildman–Crippen LogP) is 1.38. The number of carbonyl (C=O) groups excluding carboxylic acids is 1. The Kier molecular flexibility index (Phi) is 4.18. The van der Waals surface area contributed by atoms with E-state index in [1.165, 1.54) is 4.68 Å². The van der Waals surface area contributed by atoms with Gasteiger partial charge in [0, 0.05) is 57.6 Å². The van der Waals surface area contributed by atoms with Crippen LogP contribution >= 0.6 is 0 Å². The summed E-state index contributed by atoms with van der Waals surface area (Å²) in [5, 5.41) is 3.70. The van der Waals surface area contributed by atoms with E-state index in [0.29, 0.717) is 17.9 Å². The Labute approximate surface area is 156 Å². The van der Waals surface area contributed by atoms with Crippen LogP contribution in [-0.2, 0) is 11.8 Å². The van der Waals surface area contributed by atoms with Crippen LogP contribution in [0.15, 0.2) is 35.4 Å². The first-order valence-corrected chi connectivity index (χ1v) is 8.97. The molecule has 0 saturated carbocycles. The molecule has 3 aromatic rings. The van der Waals surface area contributed by atoms with E-state index in [1.54, 1.807) is 26.4 Å². The highest BCUT2D eigenvalue weighted by Crippen LogP contribution is 2.23. The molecule has 2 aromatic heterocycles. The van der Waals surface area contributed by atoms with Gasteiger partial charge in [-0.2, -0.15) is 0 Å². The van der Waals surface area contributed by atoms with Crippen molar-refractivity contribution >= 4 is 22.8 Å². The molecule has 8 nitrogen and oxygen atoms in total. The fourth-order valence-corrected chi connectivity index (χ4v) is 3.66. The van der Waals surface area contributed by atoms with Gasteiger partial charge in [-0.05, 0) is 24.6 Å². The number of aryl methyl sites for hydroxylation is 1. The standard InChI is InChI=1S/C19H22N6O2/c1-12-11-24(6-7-25(12)13(2)26)19-20-9-15(10-21-19)14-4-5-16-17(8-14)22-23(3)18(16)27/h4-5,8-10,12,22H,6-7,11H2,1-3H3. The first-order valence-electron chi connectivity index (χ1n) is 8.97. The SMILES string of the molecule is CC(=O)N1CCN(c2ncc(-c3ccc4c(=O)n(C)[nH]c4c3)cn2)CC1C. The number of nitrogens with zero attached hydrogens (tertiary/aromatic N) is 5. The van der Waals surface area contributed by atoms with E-state index in [9.17, 15) is 9.59 Å². The predicted molar refractivity (Wildman–Crippen MR) is 104 cm³/mol. The zero-order chi connectivity index (χ0) is 19.1. The van der Waals surface area contributed by atoms with Gasteiger partial charge in [0.2, 0.25) is 11.9 Å². The molecule has 1 aromatic carbocycles. The molecule has 140 valence electrons. The summed E-state index contributed by atoms with van der Waals surface area (Å²) in [4.78, 5) is 36.6. The van der Waals surface area contributed by atoms with Gasteiger partial charge in [0.25, 0.3) is 5.56 Å². The van der Waals surface area contributed by atoms with Crippen LogP contribution in [0.1, 0.15) is 13.8 Å². The Balaban J connectivity index is 1.56. The van der Waals surface area contributed by atoms with Crippen LogP contribution in [0.4, 0.5) is 5.95 Å². The minimum Gasteiger partial charge on any atom is -0.337 e. The molecular formula is C19H22N6O2. The van der Waals surface area contributed by atoms with Gasteiger partial charge in [0.15, 0.2) is 0 Å². The second-order valence-corrected chi connectivity index (χ2v) is 7.02. The van der Waals surface area contributed by atoms with Crippen LogP contribution in [0.2, 0.25) is 0 Å². The van der Waals surface area contributed by atoms with E-state index in [2.05, 4.69) is 20.0 Å². The first-order chi connectivity index (χ1) is 12.9. The molecule has 1 N–H and O–H groups in total. The maximum Gasteiger partial charge on any atom is 0.274 e. The van der Waals surface area contributed by atoms with Crippen LogP contribution in [0.25, 0.3) is 22.0 Å². The van der Waals surface area contributed by atoms with Crippen LogP contribution in [0, 0.1) is 0 Å². The number of rotatable bonds is 2. The summed E-state index contributed by atoms with van der Waals surface area (Å²) in [6.07, 6.45) is 3.60. The number of amides is 1. The lowest BCUT2D eigenvalue weighted by atomic mass is 10.1. The van der Waals surface area contributed by atoms with Crippen LogP contribution in [0.3, 0.4) is 0 Å². The molecule has 0 bridgehead atoms. The third-order valence-corrected chi connectivity index (χ3v) is 5.13. The van der Waals surface area contributed by atoms with Gasteiger partial charge in [-0.25, -0.2) is 9.97 Å². The highest BCUT2D eigenvalue weighted by atomic mass is 16.2. The van der Waals surface area contributed by atoms with Gasteiger partial charge in [-0.1, -0.05) is 6.07 Å². The maximum absolute atomic E-state index is 12.0. The summed E-state index contributed by atoms with van der Waals surface area (Å²) in [6, 6.07) is 5.80. The molecule has 1 aliphatic rings. The number of carbonyl (C=O) groups is 1. The molecule has 1 aliphatic heterocycles. The van der Waals surface area contributed by atoms with Crippen molar-refractivity contribution in [3.05, 3.63) is 40.9 Å². The molecule has 1 fully saturated rings. The molecule has 1 amide bonds. The highest BCUT2D eigenvalue weighted by molar-refractivity contribution is 5.83. The van der Waals surface area contributed by atoms with Crippen molar-refractivity contribution in [1.29, 1.82) is 0 Å². The fourth-order valence-electron chi connectivity index (χ4n) is 3.66. The molecule has 1 saturated heterocycles. The summed E-state index contributed by atoms with van der Waals surface area (Å²) in [6.45, 7) is 5.77. The topological polar surface area (TPSA) is 87.1 Å². The Morgan fingerprint density at radius 3 is 2.59 bits per heavy atom. The molecule has 0 radical (unpaired) electrons. The van der Waals surface area contributed by atoms with Crippen molar-refractivity contribution in [2.75, 3.05) is 24.5 Å². The number of aromatic amines is 1. The Bertz CT molecular complexity index is 1050. The van der Waals surface area contributed by atoms with Gasteiger partial charge >= 0.3 is 0 Å². The average Bonchev–Trinajstić information content (AvgIpc) is 2.95. The molecule has 1 atom stereocenters. The summed E-state index contributed by atoms with van der Waals surface area (Å²) in [7, 11) is 1.70.